The number of carboxylic acid groups (broad SMARTS) is 1. The van der Waals surface area contributed by atoms with Crippen LogP contribution in [0.2, 0.25) is 0 Å². The minimum absolute atomic E-state index is 0.189. The molecule has 1 aromatic carbocycles. The molecule has 0 aromatic heterocycles. The molecule has 1 spiro atoms. The third-order valence-corrected chi connectivity index (χ3v) is 4.26. The second kappa shape index (κ2) is 3.97. The van der Waals surface area contributed by atoms with Crippen LogP contribution in [0, 0.1) is 11.2 Å². The van der Waals surface area contributed by atoms with Gasteiger partial charge in [-0.3, -0.25) is 0 Å². The van der Waals surface area contributed by atoms with Gasteiger partial charge in [-0.25, -0.2) is 9.18 Å². The molecule has 0 radical (unpaired) electrons. The largest absolute Gasteiger partial charge is 0.478 e. The van der Waals surface area contributed by atoms with Crippen LogP contribution < -0.4 is 4.90 Å². The topological polar surface area (TPSA) is 40.5 Å². The van der Waals surface area contributed by atoms with Crippen LogP contribution in [0.4, 0.5) is 10.1 Å². The fourth-order valence-corrected chi connectivity index (χ4v) is 3.36. The highest BCUT2D eigenvalue weighted by molar-refractivity contribution is 5.95. The third kappa shape index (κ3) is 1.67. The summed E-state index contributed by atoms with van der Waals surface area (Å²) in [6.07, 6.45) is 4.98. The highest BCUT2D eigenvalue weighted by atomic mass is 19.1. The van der Waals surface area contributed by atoms with Gasteiger partial charge in [0.2, 0.25) is 0 Å². The van der Waals surface area contributed by atoms with E-state index in [1.54, 1.807) is 12.1 Å². The molecule has 1 N–H and O–H groups in total. The average molecular weight is 249 g/mol. The number of benzene rings is 1. The molecule has 1 aliphatic heterocycles. The van der Waals surface area contributed by atoms with Crippen LogP contribution in [0.3, 0.4) is 0 Å². The Hall–Kier alpha value is -1.58. The first-order valence-electron chi connectivity index (χ1n) is 6.38. The van der Waals surface area contributed by atoms with Crippen molar-refractivity contribution in [2.75, 3.05) is 18.0 Å². The average Bonchev–Trinajstić information content (AvgIpc) is 2.75. The Kier molecular flexibility index (Phi) is 2.54. The smallest absolute Gasteiger partial charge is 0.340 e. The molecule has 1 aromatic rings. The van der Waals surface area contributed by atoms with Crippen molar-refractivity contribution in [1.29, 1.82) is 0 Å². The van der Waals surface area contributed by atoms with E-state index in [-0.39, 0.29) is 5.56 Å². The van der Waals surface area contributed by atoms with E-state index in [0.717, 1.165) is 13.1 Å². The van der Waals surface area contributed by atoms with Gasteiger partial charge in [-0.05, 0) is 25.0 Å². The fourth-order valence-electron chi connectivity index (χ4n) is 3.36. The summed E-state index contributed by atoms with van der Waals surface area (Å²) in [6, 6.07) is 4.49. The molecule has 1 aliphatic carbocycles. The molecule has 2 fully saturated rings. The molecular formula is C14H16FNO2. The summed E-state index contributed by atoms with van der Waals surface area (Å²) in [5.74, 6) is -1.83. The second-order valence-corrected chi connectivity index (χ2v) is 5.50. The maximum atomic E-state index is 13.6. The van der Waals surface area contributed by atoms with E-state index < -0.39 is 11.8 Å². The molecule has 1 heterocycles. The maximum Gasteiger partial charge on any atom is 0.340 e. The van der Waals surface area contributed by atoms with Gasteiger partial charge in [0.25, 0.3) is 0 Å². The number of halogens is 1. The lowest BCUT2D eigenvalue weighted by Gasteiger charge is -2.50. The molecule has 3 nitrogen and oxygen atoms in total. The van der Waals surface area contributed by atoms with Crippen LogP contribution >= 0.6 is 0 Å². The normalized spacial score (nSPS) is 21.1. The summed E-state index contributed by atoms with van der Waals surface area (Å²) in [5.41, 5.74) is 0.715. The lowest BCUT2D eigenvalue weighted by molar-refractivity contribution is 0.0691. The van der Waals surface area contributed by atoms with Crippen molar-refractivity contribution in [1.82, 2.24) is 0 Å². The molecule has 1 saturated carbocycles. The molecule has 96 valence electrons. The predicted octanol–water partition coefficient (Wildman–Crippen LogP) is 2.90. The second-order valence-electron chi connectivity index (χ2n) is 5.50. The molecule has 1 saturated heterocycles. The SMILES string of the molecule is O=C(O)c1c(F)cccc1N1CC2(CCCC2)C1. The molecule has 0 unspecified atom stereocenters. The number of carboxylic acids is 1. The molecule has 4 heteroatoms. The zero-order chi connectivity index (χ0) is 12.8. The highest BCUT2D eigenvalue weighted by Gasteiger charge is 2.45. The first-order valence-corrected chi connectivity index (χ1v) is 6.38. The summed E-state index contributed by atoms with van der Waals surface area (Å²) < 4.78 is 13.6. The van der Waals surface area contributed by atoms with Gasteiger partial charge >= 0.3 is 5.97 Å². The Bertz CT molecular complexity index is 487. The number of nitrogens with zero attached hydrogens (tertiary/aromatic N) is 1. The van der Waals surface area contributed by atoms with Gasteiger partial charge in [-0.1, -0.05) is 18.9 Å². The lowest BCUT2D eigenvalue weighted by atomic mass is 9.78. The van der Waals surface area contributed by atoms with E-state index in [9.17, 15) is 9.18 Å². The first kappa shape index (κ1) is 11.5. The minimum atomic E-state index is -1.18. The van der Waals surface area contributed by atoms with Gasteiger partial charge in [-0.2, -0.15) is 0 Å². The Balaban J connectivity index is 1.86. The Morgan fingerprint density at radius 2 is 1.94 bits per heavy atom. The van der Waals surface area contributed by atoms with Gasteiger partial charge in [0.15, 0.2) is 0 Å². The van der Waals surface area contributed by atoms with Crippen molar-refractivity contribution in [2.24, 2.45) is 5.41 Å². The van der Waals surface area contributed by atoms with Crippen LogP contribution in [-0.4, -0.2) is 24.2 Å². The molecule has 0 bridgehead atoms. The van der Waals surface area contributed by atoms with Crippen molar-refractivity contribution in [2.45, 2.75) is 25.7 Å². The zero-order valence-corrected chi connectivity index (χ0v) is 10.2. The maximum absolute atomic E-state index is 13.6. The Labute approximate surface area is 105 Å². The van der Waals surface area contributed by atoms with E-state index in [2.05, 4.69) is 0 Å². The first-order chi connectivity index (χ1) is 8.61. The van der Waals surface area contributed by atoms with Crippen molar-refractivity contribution in [3.05, 3.63) is 29.6 Å². The van der Waals surface area contributed by atoms with Crippen LogP contribution in [0.15, 0.2) is 18.2 Å². The highest BCUT2D eigenvalue weighted by Crippen LogP contribution is 2.47. The van der Waals surface area contributed by atoms with Crippen LogP contribution in [-0.2, 0) is 0 Å². The van der Waals surface area contributed by atoms with E-state index in [1.807, 2.05) is 4.90 Å². The van der Waals surface area contributed by atoms with E-state index in [1.165, 1.54) is 31.7 Å². The van der Waals surface area contributed by atoms with Crippen LogP contribution in [0.5, 0.6) is 0 Å². The number of hydrogen-bond donors (Lipinski definition) is 1. The van der Waals surface area contributed by atoms with Crippen molar-refractivity contribution >= 4 is 11.7 Å². The minimum Gasteiger partial charge on any atom is -0.478 e. The Morgan fingerprint density at radius 1 is 1.28 bits per heavy atom. The molecule has 0 amide bonds. The number of carbonyl (C=O) groups is 1. The van der Waals surface area contributed by atoms with Gasteiger partial charge in [0.05, 0.1) is 5.69 Å². The Morgan fingerprint density at radius 3 is 2.56 bits per heavy atom. The number of anilines is 1. The molecular weight excluding hydrogens is 233 g/mol. The quantitative estimate of drug-likeness (QED) is 0.876. The van der Waals surface area contributed by atoms with Gasteiger partial charge in [-0.15, -0.1) is 0 Å². The standard InChI is InChI=1S/C14H16FNO2/c15-10-4-3-5-11(12(10)13(17)18)16-8-14(9-16)6-1-2-7-14/h3-5H,1-2,6-9H2,(H,17,18). The van der Waals surface area contributed by atoms with Crippen LogP contribution in [0.25, 0.3) is 0 Å². The van der Waals surface area contributed by atoms with Gasteiger partial charge in [0.1, 0.15) is 11.4 Å². The van der Waals surface area contributed by atoms with E-state index >= 15 is 0 Å². The van der Waals surface area contributed by atoms with Crippen LogP contribution in [0.1, 0.15) is 36.0 Å². The monoisotopic (exact) mass is 249 g/mol. The summed E-state index contributed by atoms with van der Waals surface area (Å²) in [7, 11) is 0. The fraction of sp³-hybridized carbons (Fsp3) is 0.500. The third-order valence-electron chi connectivity index (χ3n) is 4.26. The molecule has 18 heavy (non-hydrogen) atoms. The number of rotatable bonds is 2. The summed E-state index contributed by atoms with van der Waals surface area (Å²) in [4.78, 5) is 13.1. The predicted molar refractivity (Wildman–Crippen MR) is 66.5 cm³/mol. The zero-order valence-electron chi connectivity index (χ0n) is 10.2. The van der Waals surface area contributed by atoms with Crippen molar-refractivity contribution < 1.29 is 14.3 Å². The van der Waals surface area contributed by atoms with Gasteiger partial charge < -0.3 is 10.0 Å². The molecule has 0 atom stereocenters. The summed E-state index contributed by atoms with van der Waals surface area (Å²) in [5, 5.41) is 9.11. The molecule has 3 rings (SSSR count). The van der Waals surface area contributed by atoms with E-state index in [4.69, 9.17) is 5.11 Å². The van der Waals surface area contributed by atoms with Gasteiger partial charge in [0, 0.05) is 18.5 Å². The van der Waals surface area contributed by atoms with E-state index in [0.29, 0.717) is 11.1 Å². The molecule has 2 aliphatic rings. The van der Waals surface area contributed by atoms with Crippen molar-refractivity contribution in [3.8, 4) is 0 Å². The lowest BCUT2D eigenvalue weighted by Crippen LogP contribution is -2.55. The number of aromatic carboxylic acids is 1. The number of hydrogen-bond acceptors (Lipinski definition) is 2. The summed E-state index contributed by atoms with van der Waals surface area (Å²) in [6.45, 7) is 1.74. The van der Waals surface area contributed by atoms with Crippen molar-refractivity contribution in [3.63, 3.8) is 0 Å². The summed E-state index contributed by atoms with van der Waals surface area (Å²) >= 11 is 0.